The first-order valence-corrected chi connectivity index (χ1v) is 13.0. The quantitative estimate of drug-likeness (QED) is 0.587. The van der Waals surface area contributed by atoms with Gasteiger partial charge in [-0.15, -0.1) is 11.3 Å². The maximum atomic E-state index is 13.2. The summed E-state index contributed by atoms with van der Waals surface area (Å²) in [5.74, 6) is 2.26. The normalized spacial score (nSPS) is 19.2. The van der Waals surface area contributed by atoms with Crippen molar-refractivity contribution in [2.45, 2.75) is 38.0 Å². The molecular weight excluding hydrogens is 432 g/mol. The van der Waals surface area contributed by atoms with Gasteiger partial charge in [0.1, 0.15) is 11.6 Å². The zero-order chi connectivity index (χ0) is 22.2. The number of hydrogen-bond donors (Lipinski definition) is 2. The van der Waals surface area contributed by atoms with Crippen LogP contribution in [0.5, 0.6) is 0 Å². The number of fused-ring (bicyclic) bond motifs is 1. The Morgan fingerprint density at radius 3 is 2.48 bits per heavy atom. The first kappa shape index (κ1) is 20.9. The summed E-state index contributed by atoms with van der Waals surface area (Å²) in [6.07, 6.45) is 9.81. The molecule has 0 radical (unpaired) electrons. The first-order chi connectivity index (χ1) is 16.3. The maximum absolute atomic E-state index is 13.2. The molecule has 1 saturated carbocycles. The lowest BCUT2D eigenvalue weighted by Gasteiger charge is -2.31. The summed E-state index contributed by atoms with van der Waals surface area (Å²) < 4.78 is 1.10. The van der Waals surface area contributed by atoms with Gasteiger partial charge in [0.25, 0.3) is 5.91 Å². The molecule has 0 bridgehead atoms. The van der Waals surface area contributed by atoms with E-state index < -0.39 is 0 Å². The van der Waals surface area contributed by atoms with Crippen LogP contribution in [0.15, 0.2) is 30.6 Å². The zero-order valence-electron chi connectivity index (χ0n) is 18.8. The number of amides is 1. The Balaban J connectivity index is 1.29. The average Bonchev–Trinajstić information content (AvgIpc) is 3.46. The first-order valence-electron chi connectivity index (χ1n) is 12.2. The number of nitrogens with zero attached hydrogens (tertiary/aromatic N) is 4. The standard InChI is InChI=1S/C25H30N6OS/c32-25(31-10-3-11-31)24-23(17-4-1-2-5-17)19-14-22(28-16-20(19)33-24)29-21-7-6-18(15-27-21)30-12-8-26-9-13-30/h6-7,14-17,26H,1-5,8-13H2,(H,27,28,29). The van der Waals surface area contributed by atoms with Crippen molar-refractivity contribution in [2.75, 3.05) is 49.5 Å². The third-order valence-corrected chi connectivity index (χ3v) is 8.35. The largest absolute Gasteiger partial charge is 0.368 e. The predicted octanol–water partition coefficient (Wildman–Crippen LogP) is 4.35. The van der Waals surface area contributed by atoms with E-state index in [1.54, 1.807) is 11.3 Å². The Hall–Kier alpha value is -2.71. The van der Waals surface area contributed by atoms with E-state index in [4.69, 9.17) is 0 Å². The fourth-order valence-corrected chi connectivity index (χ4v) is 6.44. The van der Waals surface area contributed by atoms with E-state index in [2.05, 4.69) is 37.6 Å². The number of nitrogens with one attached hydrogen (secondary N) is 2. The van der Waals surface area contributed by atoms with Crippen LogP contribution in [-0.2, 0) is 0 Å². The molecule has 0 aromatic carbocycles. The van der Waals surface area contributed by atoms with E-state index >= 15 is 0 Å². The molecular formula is C25H30N6OS. The fourth-order valence-electron chi connectivity index (χ4n) is 5.23. The van der Waals surface area contributed by atoms with Crippen molar-refractivity contribution >= 4 is 44.7 Å². The number of aromatic nitrogens is 2. The Labute approximate surface area is 198 Å². The molecule has 2 N–H and O–H groups in total. The molecule has 5 heterocycles. The third kappa shape index (κ3) is 4.06. The highest BCUT2D eigenvalue weighted by atomic mass is 32.1. The molecule has 0 unspecified atom stereocenters. The van der Waals surface area contributed by atoms with Gasteiger partial charge in [-0.3, -0.25) is 4.79 Å². The van der Waals surface area contributed by atoms with E-state index in [0.717, 1.165) is 72.6 Å². The van der Waals surface area contributed by atoms with Gasteiger partial charge in [-0.25, -0.2) is 9.97 Å². The van der Waals surface area contributed by atoms with E-state index in [-0.39, 0.29) is 5.91 Å². The summed E-state index contributed by atoms with van der Waals surface area (Å²) in [7, 11) is 0. The van der Waals surface area contributed by atoms with Crippen LogP contribution in [-0.4, -0.2) is 60.0 Å². The van der Waals surface area contributed by atoms with Crippen LogP contribution in [0.3, 0.4) is 0 Å². The number of piperazine rings is 1. The van der Waals surface area contributed by atoms with Crippen LogP contribution in [0.4, 0.5) is 17.3 Å². The molecule has 3 fully saturated rings. The topological polar surface area (TPSA) is 73.4 Å². The van der Waals surface area contributed by atoms with Crippen LogP contribution < -0.4 is 15.5 Å². The lowest BCUT2D eigenvalue weighted by molar-refractivity contribution is 0.0655. The molecule has 0 atom stereocenters. The minimum Gasteiger partial charge on any atom is -0.368 e. The number of carbonyl (C=O) groups excluding carboxylic acids is 1. The van der Waals surface area contributed by atoms with Crippen molar-refractivity contribution in [3.63, 3.8) is 0 Å². The highest BCUT2D eigenvalue weighted by Crippen LogP contribution is 2.44. The van der Waals surface area contributed by atoms with E-state index in [1.807, 2.05) is 23.4 Å². The molecule has 3 aromatic rings. The van der Waals surface area contributed by atoms with Gasteiger partial charge in [-0.1, -0.05) is 12.8 Å². The molecule has 0 spiro atoms. The van der Waals surface area contributed by atoms with Gasteiger partial charge in [0.2, 0.25) is 0 Å². The Kier molecular flexibility index (Phi) is 5.63. The smallest absolute Gasteiger partial charge is 0.264 e. The number of hydrogen-bond acceptors (Lipinski definition) is 7. The van der Waals surface area contributed by atoms with Crippen molar-refractivity contribution in [1.29, 1.82) is 0 Å². The molecule has 2 saturated heterocycles. The number of likely N-dealkylation sites (tertiary alicyclic amines) is 1. The Morgan fingerprint density at radius 1 is 1.00 bits per heavy atom. The van der Waals surface area contributed by atoms with Gasteiger partial charge >= 0.3 is 0 Å². The van der Waals surface area contributed by atoms with Crippen molar-refractivity contribution in [2.24, 2.45) is 0 Å². The summed E-state index contributed by atoms with van der Waals surface area (Å²) >= 11 is 1.62. The van der Waals surface area contributed by atoms with Crippen LogP contribution in [0.1, 0.15) is 53.3 Å². The summed E-state index contributed by atoms with van der Waals surface area (Å²) in [5, 5.41) is 7.95. The average molecular weight is 463 g/mol. The van der Waals surface area contributed by atoms with Gasteiger partial charge < -0.3 is 20.4 Å². The summed E-state index contributed by atoms with van der Waals surface area (Å²) in [6, 6.07) is 6.27. The predicted molar refractivity (Wildman–Crippen MR) is 134 cm³/mol. The lowest BCUT2D eigenvalue weighted by Crippen LogP contribution is -2.43. The van der Waals surface area contributed by atoms with Crippen molar-refractivity contribution < 1.29 is 4.79 Å². The maximum Gasteiger partial charge on any atom is 0.264 e. The van der Waals surface area contributed by atoms with Crippen molar-refractivity contribution in [1.82, 2.24) is 20.2 Å². The van der Waals surface area contributed by atoms with Gasteiger partial charge in [-0.2, -0.15) is 0 Å². The molecule has 7 nitrogen and oxygen atoms in total. The van der Waals surface area contributed by atoms with E-state index in [0.29, 0.717) is 5.92 Å². The molecule has 6 rings (SSSR count). The van der Waals surface area contributed by atoms with E-state index in [9.17, 15) is 4.79 Å². The minimum atomic E-state index is 0.212. The molecule has 3 aromatic heterocycles. The zero-order valence-corrected chi connectivity index (χ0v) is 19.7. The minimum absolute atomic E-state index is 0.212. The second kappa shape index (κ2) is 8.91. The van der Waals surface area contributed by atoms with Gasteiger partial charge in [0.05, 0.1) is 21.5 Å². The molecule has 8 heteroatoms. The number of pyridine rings is 2. The molecule has 3 aliphatic rings. The van der Waals surface area contributed by atoms with Gasteiger partial charge in [0, 0.05) is 50.9 Å². The highest BCUT2D eigenvalue weighted by molar-refractivity contribution is 7.21. The third-order valence-electron chi connectivity index (χ3n) is 7.20. The second-order valence-electron chi connectivity index (χ2n) is 9.30. The lowest BCUT2D eigenvalue weighted by atomic mass is 9.94. The monoisotopic (exact) mass is 462 g/mol. The number of anilines is 3. The Morgan fingerprint density at radius 2 is 1.79 bits per heavy atom. The Bertz CT molecular complexity index is 1140. The van der Waals surface area contributed by atoms with Crippen LogP contribution >= 0.6 is 11.3 Å². The van der Waals surface area contributed by atoms with Crippen LogP contribution in [0, 0.1) is 0 Å². The number of carbonyl (C=O) groups is 1. The van der Waals surface area contributed by atoms with Crippen molar-refractivity contribution in [3.05, 3.63) is 41.0 Å². The van der Waals surface area contributed by atoms with Crippen molar-refractivity contribution in [3.8, 4) is 0 Å². The molecule has 33 heavy (non-hydrogen) atoms. The molecule has 2 aliphatic heterocycles. The van der Waals surface area contributed by atoms with Gasteiger partial charge in [0.15, 0.2) is 0 Å². The molecule has 1 aliphatic carbocycles. The molecule has 172 valence electrons. The van der Waals surface area contributed by atoms with Crippen LogP contribution in [0.25, 0.3) is 10.1 Å². The summed E-state index contributed by atoms with van der Waals surface area (Å²) in [6.45, 7) is 5.81. The number of rotatable bonds is 5. The highest BCUT2D eigenvalue weighted by Gasteiger charge is 2.31. The second-order valence-corrected chi connectivity index (χ2v) is 10.4. The number of thiophene rings is 1. The fraction of sp³-hybridized carbons (Fsp3) is 0.480. The van der Waals surface area contributed by atoms with Gasteiger partial charge in [-0.05, 0) is 48.9 Å². The van der Waals surface area contributed by atoms with Crippen LogP contribution in [0.2, 0.25) is 0 Å². The summed E-state index contributed by atoms with van der Waals surface area (Å²) in [4.78, 5) is 27.8. The molecule has 1 amide bonds. The van der Waals surface area contributed by atoms with E-state index in [1.165, 1.54) is 36.6 Å². The summed E-state index contributed by atoms with van der Waals surface area (Å²) in [5.41, 5.74) is 2.41. The SMILES string of the molecule is O=C(c1sc2cnc(Nc3ccc(N4CCNCC4)cn3)cc2c1C1CCCC1)N1CCC1.